The van der Waals surface area contributed by atoms with Crippen molar-refractivity contribution in [3.05, 3.63) is 65.5 Å². The average molecular weight is 283 g/mol. The predicted octanol–water partition coefficient (Wildman–Crippen LogP) is 2.27. The summed E-state index contributed by atoms with van der Waals surface area (Å²) in [6.07, 6.45) is 2.10. The molecule has 2 rings (SSSR count). The van der Waals surface area contributed by atoms with E-state index in [1.54, 1.807) is 6.20 Å². The van der Waals surface area contributed by atoms with E-state index in [1.807, 2.05) is 48.2 Å². The summed E-state index contributed by atoms with van der Waals surface area (Å²) >= 11 is 0. The van der Waals surface area contributed by atoms with Crippen LogP contribution in [0.5, 0.6) is 0 Å². The Labute approximate surface area is 125 Å². The lowest BCUT2D eigenvalue weighted by Crippen LogP contribution is -2.31. The van der Waals surface area contributed by atoms with Crippen molar-refractivity contribution in [2.75, 3.05) is 6.54 Å². The molecule has 4 nitrogen and oxygen atoms in total. The van der Waals surface area contributed by atoms with E-state index in [1.165, 1.54) is 5.56 Å². The molecule has 0 unspecified atom stereocenters. The van der Waals surface area contributed by atoms with Crippen molar-refractivity contribution in [3.63, 3.8) is 0 Å². The van der Waals surface area contributed by atoms with Crippen LogP contribution < -0.4 is 5.73 Å². The summed E-state index contributed by atoms with van der Waals surface area (Å²) in [6, 6.07) is 13.9. The number of nitrogens with two attached hydrogens (primary N) is 1. The molecule has 1 amide bonds. The van der Waals surface area contributed by atoms with Gasteiger partial charge in [-0.15, -0.1) is 0 Å². The highest BCUT2D eigenvalue weighted by atomic mass is 16.2. The first-order valence-electron chi connectivity index (χ1n) is 7.12. The van der Waals surface area contributed by atoms with E-state index in [2.05, 4.69) is 11.1 Å². The van der Waals surface area contributed by atoms with Crippen molar-refractivity contribution < 1.29 is 4.79 Å². The molecule has 0 aliphatic heterocycles. The topological polar surface area (TPSA) is 59.2 Å². The van der Waals surface area contributed by atoms with Crippen molar-refractivity contribution in [2.45, 2.75) is 26.4 Å². The summed E-state index contributed by atoms with van der Waals surface area (Å²) in [5.74, 6) is 0.0599. The molecular weight excluding hydrogens is 262 g/mol. The van der Waals surface area contributed by atoms with Crippen LogP contribution in [0.25, 0.3) is 0 Å². The lowest BCUT2D eigenvalue weighted by Gasteiger charge is -2.22. The van der Waals surface area contributed by atoms with Crippen LogP contribution in [0.1, 0.15) is 23.2 Å². The second-order valence-electron chi connectivity index (χ2n) is 5.10. The van der Waals surface area contributed by atoms with Gasteiger partial charge in [-0.3, -0.25) is 9.78 Å². The number of pyridine rings is 1. The fraction of sp³-hybridized carbons (Fsp3) is 0.294. The second kappa shape index (κ2) is 7.55. The Morgan fingerprint density at radius 1 is 1.19 bits per heavy atom. The summed E-state index contributed by atoms with van der Waals surface area (Å²) in [5, 5.41) is 0. The normalized spacial score (nSPS) is 10.4. The quantitative estimate of drug-likeness (QED) is 0.884. The highest BCUT2D eigenvalue weighted by molar-refractivity contribution is 5.76. The zero-order valence-corrected chi connectivity index (χ0v) is 12.3. The summed E-state index contributed by atoms with van der Waals surface area (Å²) in [6.45, 7) is 3.50. The number of benzene rings is 1. The third-order valence-corrected chi connectivity index (χ3v) is 3.25. The summed E-state index contributed by atoms with van der Waals surface area (Å²) < 4.78 is 0. The van der Waals surface area contributed by atoms with Crippen molar-refractivity contribution >= 4 is 5.91 Å². The van der Waals surface area contributed by atoms with Crippen molar-refractivity contribution in [3.8, 4) is 0 Å². The third kappa shape index (κ3) is 4.68. The van der Waals surface area contributed by atoms with Gasteiger partial charge in [-0.2, -0.15) is 0 Å². The van der Waals surface area contributed by atoms with Gasteiger partial charge in [0.05, 0.1) is 12.2 Å². The standard InChI is InChI=1S/C17H21N3O/c1-14-5-4-6-15(11-14)12-20(17(21)8-9-18)13-16-7-2-3-10-19-16/h2-7,10-11H,8-9,12-13,18H2,1H3. The molecule has 0 aliphatic rings. The molecule has 0 fully saturated rings. The van der Waals surface area contributed by atoms with Gasteiger partial charge in [0.1, 0.15) is 0 Å². The van der Waals surface area contributed by atoms with Crippen LogP contribution in [0, 0.1) is 6.92 Å². The number of aryl methyl sites for hydroxylation is 1. The Balaban J connectivity index is 2.14. The van der Waals surface area contributed by atoms with Gasteiger partial charge in [-0.1, -0.05) is 35.9 Å². The maximum absolute atomic E-state index is 12.3. The van der Waals surface area contributed by atoms with Crippen molar-refractivity contribution in [1.82, 2.24) is 9.88 Å². The van der Waals surface area contributed by atoms with Gasteiger partial charge < -0.3 is 10.6 Å². The van der Waals surface area contributed by atoms with Gasteiger partial charge in [-0.25, -0.2) is 0 Å². The van der Waals surface area contributed by atoms with Gasteiger partial charge in [0.15, 0.2) is 0 Å². The molecule has 1 heterocycles. The van der Waals surface area contributed by atoms with Crippen LogP contribution >= 0.6 is 0 Å². The van der Waals surface area contributed by atoms with Crippen LogP contribution in [0.4, 0.5) is 0 Å². The van der Waals surface area contributed by atoms with Gasteiger partial charge in [0.2, 0.25) is 5.91 Å². The molecule has 0 atom stereocenters. The van der Waals surface area contributed by atoms with E-state index in [4.69, 9.17) is 5.73 Å². The highest BCUT2D eigenvalue weighted by Gasteiger charge is 2.14. The Morgan fingerprint density at radius 3 is 2.71 bits per heavy atom. The minimum absolute atomic E-state index is 0.0599. The lowest BCUT2D eigenvalue weighted by atomic mass is 10.1. The van der Waals surface area contributed by atoms with Crippen LogP contribution in [0.15, 0.2) is 48.7 Å². The average Bonchev–Trinajstić information content (AvgIpc) is 2.48. The SMILES string of the molecule is Cc1cccc(CN(Cc2ccccn2)C(=O)CCN)c1. The molecule has 0 saturated carbocycles. The maximum Gasteiger partial charge on any atom is 0.224 e. The fourth-order valence-corrected chi connectivity index (χ4v) is 2.23. The summed E-state index contributed by atoms with van der Waals surface area (Å²) in [5.41, 5.74) is 8.71. The van der Waals surface area contributed by atoms with Crippen LogP contribution in [0.3, 0.4) is 0 Å². The molecule has 0 spiro atoms. The smallest absolute Gasteiger partial charge is 0.224 e. The Morgan fingerprint density at radius 2 is 2.05 bits per heavy atom. The van der Waals surface area contributed by atoms with E-state index in [-0.39, 0.29) is 5.91 Å². The molecule has 4 heteroatoms. The first-order valence-corrected chi connectivity index (χ1v) is 7.12. The minimum atomic E-state index is 0.0599. The number of amides is 1. The lowest BCUT2D eigenvalue weighted by molar-refractivity contribution is -0.132. The van der Waals surface area contributed by atoms with E-state index < -0.39 is 0 Å². The number of carbonyl (C=O) groups is 1. The fourth-order valence-electron chi connectivity index (χ4n) is 2.23. The van der Waals surface area contributed by atoms with Crippen LogP contribution in [0.2, 0.25) is 0 Å². The van der Waals surface area contributed by atoms with E-state index in [0.29, 0.717) is 26.1 Å². The maximum atomic E-state index is 12.3. The number of hydrogen-bond acceptors (Lipinski definition) is 3. The van der Waals surface area contributed by atoms with Crippen LogP contribution in [-0.4, -0.2) is 22.3 Å². The van der Waals surface area contributed by atoms with Gasteiger partial charge in [0, 0.05) is 25.7 Å². The van der Waals surface area contributed by atoms with Gasteiger partial charge >= 0.3 is 0 Å². The highest BCUT2D eigenvalue weighted by Crippen LogP contribution is 2.11. The summed E-state index contributed by atoms with van der Waals surface area (Å²) in [4.78, 5) is 18.4. The number of hydrogen-bond donors (Lipinski definition) is 1. The molecule has 0 aliphatic carbocycles. The largest absolute Gasteiger partial charge is 0.332 e. The predicted molar refractivity (Wildman–Crippen MR) is 83.3 cm³/mol. The monoisotopic (exact) mass is 283 g/mol. The molecule has 2 aromatic rings. The molecular formula is C17H21N3O. The molecule has 0 bridgehead atoms. The molecule has 2 N–H and O–H groups in total. The van der Waals surface area contributed by atoms with E-state index in [9.17, 15) is 4.79 Å². The first kappa shape index (κ1) is 15.2. The molecule has 110 valence electrons. The molecule has 0 radical (unpaired) electrons. The van der Waals surface area contributed by atoms with E-state index >= 15 is 0 Å². The molecule has 1 aromatic heterocycles. The number of carbonyl (C=O) groups excluding carboxylic acids is 1. The van der Waals surface area contributed by atoms with Gasteiger partial charge in [0.25, 0.3) is 0 Å². The number of nitrogens with zero attached hydrogens (tertiary/aromatic N) is 2. The minimum Gasteiger partial charge on any atom is -0.332 e. The Hall–Kier alpha value is -2.20. The summed E-state index contributed by atoms with van der Waals surface area (Å²) in [7, 11) is 0. The molecule has 0 saturated heterocycles. The van der Waals surface area contributed by atoms with Gasteiger partial charge in [-0.05, 0) is 24.6 Å². The molecule has 1 aromatic carbocycles. The zero-order valence-electron chi connectivity index (χ0n) is 12.3. The Kier molecular flexibility index (Phi) is 5.46. The van der Waals surface area contributed by atoms with Crippen molar-refractivity contribution in [2.24, 2.45) is 5.73 Å². The number of aromatic nitrogens is 1. The molecule has 21 heavy (non-hydrogen) atoms. The zero-order chi connectivity index (χ0) is 15.1. The second-order valence-corrected chi connectivity index (χ2v) is 5.10. The van der Waals surface area contributed by atoms with E-state index in [0.717, 1.165) is 11.3 Å². The first-order chi connectivity index (χ1) is 10.2. The van der Waals surface area contributed by atoms with Crippen molar-refractivity contribution in [1.29, 1.82) is 0 Å². The van der Waals surface area contributed by atoms with Crippen LogP contribution in [-0.2, 0) is 17.9 Å². The number of rotatable bonds is 6. The Bertz CT molecular complexity index is 584. The third-order valence-electron chi connectivity index (χ3n) is 3.25.